The fourth-order valence-electron chi connectivity index (χ4n) is 3.10. The number of rotatable bonds is 9. The Labute approximate surface area is 199 Å². The van der Waals surface area contributed by atoms with E-state index < -0.39 is 20.8 Å². The lowest BCUT2D eigenvalue weighted by molar-refractivity contribution is -0.116. The zero-order chi connectivity index (χ0) is 24.2. The SMILES string of the molecule is CNC(=O)/C(=C(/C)N)S(=O)(=O)NCCCNc1cc(-c2ccccc2O)nc2c(Br)cnn12. The highest BCUT2D eigenvalue weighted by Crippen LogP contribution is 2.31. The highest BCUT2D eigenvalue weighted by atomic mass is 79.9. The lowest BCUT2D eigenvalue weighted by Crippen LogP contribution is -2.35. The van der Waals surface area contributed by atoms with E-state index in [4.69, 9.17) is 5.73 Å². The molecule has 0 aliphatic carbocycles. The third-order valence-electron chi connectivity index (χ3n) is 4.62. The Bertz CT molecular complexity index is 1320. The maximum atomic E-state index is 12.4. The minimum absolute atomic E-state index is 0.0759. The minimum Gasteiger partial charge on any atom is -0.507 e. The van der Waals surface area contributed by atoms with E-state index in [0.29, 0.717) is 40.2 Å². The van der Waals surface area contributed by atoms with Gasteiger partial charge in [-0.05, 0) is 41.4 Å². The molecule has 11 nitrogen and oxygen atoms in total. The van der Waals surface area contributed by atoms with Gasteiger partial charge in [-0.15, -0.1) is 0 Å². The lowest BCUT2D eigenvalue weighted by atomic mass is 10.1. The van der Waals surface area contributed by atoms with E-state index in [1.54, 1.807) is 41.0 Å². The van der Waals surface area contributed by atoms with Crippen LogP contribution in [0.4, 0.5) is 5.82 Å². The van der Waals surface area contributed by atoms with Crippen molar-refractivity contribution in [3.05, 3.63) is 51.6 Å². The second-order valence-corrected chi connectivity index (χ2v) is 9.60. The topological polar surface area (TPSA) is 164 Å². The van der Waals surface area contributed by atoms with E-state index in [2.05, 4.69) is 41.4 Å². The number of allylic oxidation sites excluding steroid dienone is 1. The summed E-state index contributed by atoms with van der Waals surface area (Å²) in [6, 6.07) is 8.61. The van der Waals surface area contributed by atoms with Crippen LogP contribution in [0.2, 0.25) is 0 Å². The van der Waals surface area contributed by atoms with Gasteiger partial charge in [0.05, 0.1) is 16.4 Å². The number of hydrogen-bond donors (Lipinski definition) is 5. The second-order valence-electron chi connectivity index (χ2n) is 7.04. The number of carbonyl (C=O) groups is 1. The average molecular weight is 538 g/mol. The number of halogens is 1. The van der Waals surface area contributed by atoms with Crippen LogP contribution in [0.3, 0.4) is 0 Å². The molecule has 176 valence electrons. The van der Waals surface area contributed by atoms with Crippen molar-refractivity contribution in [2.45, 2.75) is 13.3 Å². The van der Waals surface area contributed by atoms with Crippen LogP contribution in [0.15, 0.2) is 51.6 Å². The molecule has 0 bridgehead atoms. The molecule has 3 rings (SSSR count). The first-order valence-electron chi connectivity index (χ1n) is 9.90. The zero-order valence-corrected chi connectivity index (χ0v) is 20.4. The smallest absolute Gasteiger partial charge is 0.265 e. The van der Waals surface area contributed by atoms with Gasteiger partial charge < -0.3 is 21.5 Å². The Morgan fingerprint density at radius 1 is 1.27 bits per heavy atom. The van der Waals surface area contributed by atoms with Gasteiger partial charge >= 0.3 is 0 Å². The first-order valence-corrected chi connectivity index (χ1v) is 12.2. The van der Waals surface area contributed by atoms with Gasteiger partial charge in [0.1, 0.15) is 11.6 Å². The Balaban J connectivity index is 1.73. The van der Waals surface area contributed by atoms with Gasteiger partial charge in [0.25, 0.3) is 5.91 Å². The Kier molecular flexibility index (Phi) is 7.56. The van der Waals surface area contributed by atoms with E-state index in [1.165, 1.54) is 14.0 Å². The third-order valence-corrected chi connectivity index (χ3v) is 6.81. The predicted octanol–water partition coefficient (Wildman–Crippen LogP) is 1.52. The number of aromatic nitrogens is 3. The van der Waals surface area contributed by atoms with Gasteiger partial charge in [0.15, 0.2) is 10.6 Å². The number of nitrogens with one attached hydrogen (secondary N) is 3. The zero-order valence-electron chi connectivity index (χ0n) is 18.0. The molecule has 6 N–H and O–H groups in total. The van der Waals surface area contributed by atoms with Crippen molar-refractivity contribution < 1.29 is 18.3 Å². The van der Waals surface area contributed by atoms with E-state index in [9.17, 15) is 18.3 Å². The van der Waals surface area contributed by atoms with Gasteiger partial charge in [-0.2, -0.15) is 9.61 Å². The third kappa shape index (κ3) is 5.43. The van der Waals surface area contributed by atoms with E-state index in [0.717, 1.165) is 0 Å². The summed E-state index contributed by atoms with van der Waals surface area (Å²) in [6.45, 7) is 1.82. The highest BCUT2D eigenvalue weighted by Gasteiger charge is 2.25. The summed E-state index contributed by atoms with van der Waals surface area (Å²) >= 11 is 3.42. The molecule has 3 aromatic rings. The number of sulfonamides is 1. The molecule has 0 atom stereocenters. The molecule has 0 radical (unpaired) electrons. The fraction of sp³-hybridized carbons (Fsp3) is 0.250. The summed E-state index contributed by atoms with van der Waals surface area (Å²) in [6.07, 6.45) is 2.01. The largest absolute Gasteiger partial charge is 0.507 e. The summed E-state index contributed by atoms with van der Waals surface area (Å²) in [5, 5.41) is 20.0. The maximum absolute atomic E-state index is 12.4. The number of aromatic hydroxyl groups is 1. The van der Waals surface area contributed by atoms with Gasteiger partial charge in [0, 0.05) is 37.5 Å². The summed E-state index contributed by atoms with van der Waals surface area (Å²) in [5.74, 6) is -0.0724. The van der Waals surface area contributed by atoms with E-state index >= 15 is 0 Å². The minimum atomic E-state index is -4.05. The molecule has 0 aliphatic heterocycles. The van der Waals surface area contributed by atoms with Gasteiger partial charge in [-0.1, -0.05) is 12.1 Å². The monoisotopic (exact) mass is 537 g/mol. The average Bonchev–Trinajstić information content (AvgIpc) is 3.14. The van der Waals surface area contributed by atoms with Crippen molar-refractivity contribution in [1.29, 1.82) is 0 Å². The van der Waals surface area contributed by atoms with Crippen LogP contribution in [0.25, 0.3) is 16.9 Å². The molecule has 2 heterocycles. The maximum Gasteiger partial charge on any atom is 0.265 e. The van der Waals surface area contributed by atoms with Crippen molar-refractivity contribution in [2.75, 3.05) is 25.5 Å². The molecule has 0 spiro atoms. The fourth-order valence-corrected chi connectivity index (χ4v) is 4.78. The molecular formula is C20H24BrN7O4S. The van der Waals surface area contributed by atoms with Crippen molar-refractivity contribution >= 4 is 43.3 Å². The molecule has 0 saturated carbocycles. The molecule has 0 saturated heterocycles. The number of anilines is 1. The van der Waals surface area contributed by atoms with Crippen LogP contribution < -0.4 is 21.1 Å². The molecular weight excluding hydrogens is 514 g/mol. The number of para-hydroxylation sites is 1. The molecule has 33 heavy (non-hydrogen) atoms. The molecule has 1 amide bonds. The molecule has 2 aromatic heterocycles. The standard InChI is InChI=1S/C20H24BrN7O4S/c1-12(22)18(20(30)23-2)33(31,32)26-9-5-8-24-17-10-15(13-6-3-4-7-16(13)29)27-19-14(21)11-25-28(17)19/h3-4,6-7,10-11,24,26,29H,5,8-9,22H2,1-2H3,(H,23,30)/b18-12+. The van der Waals surface area contributed by atoms with Gasteiger partial charge in [0.2, 0.25) is 10.0 Å². The number of nitrogens with zero attached hydrogens (tertiary/aromatic N) is 3. The first kappa shape index (κ1) is 24.5. The normalized spacial score (nSPS) is 12.5. The number of benzene rings is 1. The van der Waals surface area contributed by atoms with Crippen LogP contribution in [-0.4, -0.2) is 54.2 Å². The molecule has 1 aromatic carbocycles. The van der Waals surface area contributed by atoms with Crippen molar-refractivity contribution in [3.63, 3.8) is 0 Å². The van der Waals surface area contributed by atoms with Crippen molar-refractivity contribution in [1.82, 2.24) is 24.6 Å². The van der Waals surface area contributed by atoms with Crippen LogP contribution in [0.5, 0.6) is 5.75 Å². The Morgan fingerprint density at radius 3 is 2.67 bits per heavy atom. The number of phenols is 1. The number of amides is 1. The number of fused-ring (bicyclic) bond motifs is 1. The summed E-state index contributed by atoms with van der Waals surface area (Å²) in [5.41, 5.74) is 7.15. The van der Waals surface area contributed by atoms with Crippen LogP contribution in [0, 0.1) is 0 Å². The highest BCUT2D eigenvalue weighted by molar-refractivity contribution is 9.10. The number of hydrogen-bond acceptors (Lipinski definition) is 8. The van der Waals surface area contributed by atoms with Crippen LogP contribution >= 0.6 is 15.9 Å². The molecule has 0 fully saturated rings. The summed E-state index contributed by atoms with van der Waals surface area (Å²) in [7, 11) is -2.72. The number of nitrogens with two attached hydrogens (primary N) is 1. The van der Waals surface area contributed by atoms with E-state index in [-0.39, 0.29) is 18.0 Å². The lowest BCUT2D eigenvalue weighted by Gasteiger charge is -2.13. The van der Waals surface area contributed by atoms with Crippen LogP contribution in [0.1, 0.15) is 13.3 Å². The van der Waals surface area contributed by atoms with Crippen LogP contribution in [-0.2, 0) is 14.8 Å². The summed E-state index contributed by atoms with van der Waals surface area (Å²) < 4.78 is 29.5. The number of carbonyl (C=O) groups excluding carboxylic acids is 1. The quantitative estimate of drug-likeness (QED) is 0.202. The van der Waals surface area contributed by atoms with E-state index in [1.807, 2.05) is 0 Å². The summed E-state index contributed by atoms with van der Waals surface area (Å²) in [4.78, 5) is 15.9. The number of likely N-dealkylation sites (N-methyl/N-ethyl adjacent to an activating group) is 1. The Hall–Kier alpha value is -3.16. The molecule has 0 aliphatic rings. The molecule has 0 unspecified atom stereocenters. The predicted molar refractivity (Wildman–Crippen MR) is 129 cm³/mol. The van der Waals surface area contributed by atoms with Crippen molar-refractivity contribution in [3.8, 4) is 17.0 Å². The van der Waals surface area contributed by atoms with Gasteiger partial charge in [-0.25, -0.2) is 18.1 Å². The second kappa shape index (κ2) is 10.2. The van der Waals surface area contributed by atoms with Crippen molar-refractivity contribution in [2.24, 2.45) is 5.73 Å². The first-order chi connectivity index (χ1) is 15.7. The number of phenolic OH excluding ortho intramolecular Hbond substituents is 1. The Morgan fingerprint density at radius 2 is 2.00 bits per heavy atom. The molecule has 13 heteroatoms. The van der Waals surface area contributed by atoms with Gasteiger partial charge in [-0.3, -0.25) is 4.79 Å².